The van der Waals surface area contributed by atoms with E-state index in [0.717, 1.165) is 17.8 Å². The van der Waals surface area contributed by atoms with Crippen LogP contribution in [0.4, 0.5) is 8.78 Å². The van der Waals surface area contributed by atoms with Crippen LogP contribution >= 0.6 is 11.8 Å². The highest BCUT2D eigenvalue weighted by molar-refractivity contribution is 7.99. The van der Waals surface area contributed by atoms with Gasteiger partial charge in [0.15, 0.2) is 0 Å². The molecule has 2 aliphatic rings. The van der Waals surface area contributed by atoms with Crippen LogP contribution in [0.15, 0.2) is 34.2 Å². The number of halogens is 2. The van der Waals surface area contributed by atoms with Crippen LogP contribution in [0.5, 0.6) is 5.75 Å². The summed E-state index contributed by atoms with van der Waals surface area (Å²) < 4.78 is 31.4. The lowest BCUT2D eigenvalue weighted by molar-refractivity contribution is 0.156. The summed E-state index contributed by atoms with van der Waals surface area (Å²) >= 11 is 0.500. The number of fused-ring (bicyclic) bond motifs is 1. The van der Waals surface area contributed by atoms with Crippen molar-refractivity contribution >= 4 is 23.4 Å². The van der Waals surface area contributed by atoms with Crippen molar-refractivity contribution < 1.29 is 13.5 Å². The molecule has 0 bridgehead atoms. The summed E-state index contributed by atoms with van der Waals surface area (Å²) in [5.74, 6) is -1.31. The third-order valence-electron chi connectivity index (χ3n) is 3.99. The molecule has 2 aliphatic heterocycles. The Balaban J connectivity index is 2.08. The SMILES string of the molecule is CN1CCN(C2=CC(C)(C)Oc3ccc(SC(F)F)cc32)/C1=N/C#N. The van der Waals surface area contributed by atoms with Gasteiger partial charge < -0.3 is 14.5 Å². The predicted molar refractivity (Wildman–Crippen MR) is 93.4 cm³/mol. The molecule has 25 heavy (non-hydrogen) atoms. The van der Waals surface area contributed by atoms with Gasteiger partial charge in [-0.15, -0.1) is 4.99 Å². The Morgan fingerprint density at radius 2 is 2.12 bits per heavy atom. The average Bonchev–Trinajstić information content (AvgIpc) is 2.87. The smallest absolute Gasteiger partial charge is 0.288 e. The van der Waals surface area contributed by atoms with Gasteiger partial charge in [-0.2, -0.15) is 14.0 Å². The summed E-state index contributed by atoms with van der Waals surface area (Å²) in [4.78, 5) is 8.21. The van der Waals surface area contributed by atoms with Crippen molar-refractivity contribution in [2.45, 2.75) is 30.1 Å². The Hall–Kier alpha value is -2.27. The largest absolute Gasteiger partial charge is 0.483 e. The first-order valence-corrected chi connectivity index (χ1v) is 8.65. The molecule has 132 valence electrons. The van der Waals surface area contributed by atoms with Crippen LogP contribution in [0.3, 0.4) is 0 Å². The molecule has 1 fully saturated rings. The quantitative estimate of drug-likeness (QED) is 0.606. The topological polar surface area (TPSA) is 51.9 Å². The van der Waals surface area contributed by atoms with E-state index in [-0.39, 0.29) is 0 Å². The summed E-state index contributed by atoms with van der Waals surface area (Å²) in [5.41, 5.74) is 0.991. The predicted octanol–water partition coefficient (Wildman–Crippen LogP) is 3.60. The van der Waals surface area contributed by atoms with E-state index in [1.807, 2.05) is 43.0 Å². The third-order valence-corrected chi connectivity index (χ3v) is 4.70. The van der Waals surface area contributed by atoms with Crippen molar-refractivity contribution in [1.29, 1.82) is 5.26 Å². The van der Waals surface area contributed by atoms with Gasteiger partial charge in [-0.1, -0.05) is 11.8 Å². The highest BCUT2D eigenvalue weighted by atomic mass is 32.2. The number of alkyl halides is 2. The Labute approximate surface area is 149 Å². The van der Waals surface area contributed by atoms with Gasteiger partial charge >= 0.3 is 0 Å². The molecule has 0 aromatic heterocycles. The molecule has 0 radical (unpaired) electrons. The first kappa shape index (κ1) is 17.5. The van der Waals surface area contributed by atoms with Crippen LogP contribution in [-0.4, -0.2) is 47.3 Å². The van der Waals surface area contributed by atoms with E-state index in [1.165, 1.54) is 0 Å². The van der Waals surface area contributed by atoms with Gasteiger partial charge in [0.2, 0.25) is 12.2 Å². The minimum atomic E-state index is -2.49. The number of nitrogens with zero attached hydrogens (tertiary/aromatic N) is 4. The van der Waals surface area contributed by atoms with Gasteiger partial charge in [0, 0.05) is 30.6 Å². The Kier molecular flexibility index (Phi) is 4.60. The molecule has 0 amide bonds. The lowest BCUT2D eigenvalue weighted by Crippen LogP contribution is -2.36. The van der Waals surface area contributed by atoms with Gasteiger partial charge in [-0.25, -0.2) is 0 Å². The van der Waals surface area contributed by atoms with Crippen molar-refractivity contribution in [3.63, 3.8) is 0 Å². The lowest BCUT2D eigenvalue weighted by atomic mass is 9.98. The maximum atomic E-state index is 12.7. The summed E-state index contributed by atoms with van der Waals surface area (Å²) in [5, 5.41) is 8.98. The van der Waals surface area contributed by atoms with Gasteiger partial charge in [0.25, 0.3) is 5.76 Å². The van der Waals surface area contributed by atoms with E-state index in [1.54, 1.807) is 18.2 Å². The standard InChI is InChI=1S/C17H18F2N4OS/c1-17(2)9-13(23-7-6-22(3)16(23)21-10-20)12-8-11(25-15(18)19)4-5-14(12)24-17/h4-5,8-9,15H,6-7H2,1-3H3/b21-16+. The van der Waals surface area contributed by atoms with E-state index in [9.17, 15) is 8.78 Å². The molecule has 0 atom stereocenters. The molecule has 0 aliphatic carbocycles. The molecule has 0 N–H and O–H groups in total. The van der Waals surface area contributed by atoms with Crippen molar-refractivity contribution in [1.82, 2.24) is 9.80 Å². The second kappa shape index (κ2) is 6.56. The van der Waals surface area contributed by atoms with E-state index >= 15 is 0 Å². The highest BCUT2D eigenvalue weighted by Crippen LogP contribution is 2.41. The highest BCUT2D eigenvalue weighted by Gasteiger charge is 2.34. The zero-order valence-electron chi connectivity index (χ0n) is 14.2. The van der Waals surface area contributed by atoms with Crippen LogP contribution in [0.25, 0.3) is 5.70 Å². The molecule has 8 heteroatoms. The Morgan fingerprint density at radius 1 is 1.36 bits per heavy atom. The van der Waals surface area contributed by atoms with E-state index < -0.39 is 11.4 Å². The molecule has 5 nitrogen and oxygen atoms in total. The zero-order chi connectivity index (χ0) is 18.2. The van der Waals surface area contributed by atoms with Crippen molar-refractivity contribution in [3.05, 3.63) is 29.8 Å². The number of benzene rings is 1. The van der Waals surface area contributed by atoms with Crippen molar-refractivity contribution in [2.75, 3.05) is 20.1 Å². The molecule has 2 heterocycles. The average molecular weight is 364 g/mol. The van der Waals surface area contributed by atoms with Crippen molar-refractivity contribution in [3.8, 4) is 11.9 Å². The summed E-state index contributed by atoms with van der Waals surface area (Å²) in [7, 11) is 1.87. The number of ether oxygens (including phenoxy) is 1. The van der Waals surface area contributed by atoms with E-state index in [4.69, 9.17) is 10.00 Å². The second-order valence-electron chi connectivity index (χ2n) is 6.36. The van der Waals surface area contributed by atoms with Crippen LogP contribution in [0.2, 0.25) is 0 Å². The molecule has 0 unspecified atom stereocenters. The van der Waals surface area contributed by atoms with Crippen molar-refractivity contribution in [2.24, 2.45) is 4.99 Å². The molecule has 1 saturated heterocycles. The second-order valence-corrected chi connectivity index (χ2v) is 7.42. The van der Waals surface area contributed by atoms with Crippen LogP contribution in [-0.2, 0) is 0 Å². The number of nitriles is 1. The van der Waals surface area contributed by atoms with Crippen LogP contribution in [0.1, 0.15) is 19.4 Å². The van der Waals surface area contributed by atoms with Gasteiger partial charge in [-0.05, 0) is 38.1 Å². The molecular formula is C17H18F2N4OS. The van der Waals surface area contributed by atoms with Crippen LogP contribution < -0.4 is 4.74 Å². The Bertz CT molecular complexity index is 785. The summed E-state index contributed by atoms with van der Waals surface area (Å²) in [6.07, 6.45) is 3.78. The fourth-order valence-corrected chi connectivity index (χ4v) is 3.53. The van der Waals surface area contributed by atoms with E-state index in [2.05, 4.69) is 4.99 Å². The number of thioether (sulfide) groups is 1. The molecule has 0 spiro atoms. The Morgan fingerprint density at radius 3 is 2.80 bits per heavy atom. The normalized spacial score (nSPS) is 20.4. The summed E-state index contributed by atoms with van der Waals surface area (Å²) in [6, 6.07) is 5.06. The number of aliphatic imine (C=N–C) groups is 1. The fourth-order valence-electron chi connectivity index (χ4n) is 2.99. The van der Waals surface area contributed by atoms with Gasteiger partial charge in [0.05, 0.1) is 5.70 Å². The number of hydrogen-bond donors (Lipinski definition) is 0. The maximum Gasteiger partial charge on any atom is 0.288 e. The summed E-state index contributed by atoms with van der Waals surface area (Å²) in [6.45, 7) is 5.24. The van der Waals surface area contributed by atoms with E-state index in [0.29, 0.717) is 34.9 Å². The molecule has 1 aromatic rings. The third kappa shape index (κ3) is 3.56. The first-order valence-electron chi connectivity index (χ1n) is 7.77. The minimum absolute atomic E-state index is 0.467. The maximum absolute atomic E-state index is 12.7. The number of hydrogen-bond acceptors (Lipinski definition) is 4. The number of guanidine groups is 1. The molecule has 0 saturated carbocycles. The minimum Gasteiger partial charge on any atom is -0.483 e. The number of rotatable bonds is 3. The lowest BCUT2D eigenvalue weighted by Gasteiger charge is -2.34. The zero-order valence-corrected chi connectivity index (χ0v) is 15.0. The number of likely N-dealkylation sites (N-methyl/N-ethyl adjacent to an activating group) is 1. The van der Waals surface area contributed by atoms with Gasteiger partial charge in [-0.3, -0.25) is 0 Å². The monoisotopic (exact) mass is 364 g/mol. The van der Waals surface area contributed by atoms with Crippen LogP contribution in [0, 0.1) is 11.5 Å². The van der Waals surface area contributed by atoms with Gasteiger partial charge in [0.1, 0.15) is 11.4 Å². The molecule has 3 rings (SSSR count). The molecule has 1 aromatic carbocycles. The fraction of sp³-hybridized carbons (Fsp3) is 0.412. The molecular weight excluding hydrogens is 346 g/mol. The first-order chi connectivity index (χ1) is 11.8.